The van der Waals surface area contributed by atoms with Crippen LogP contribution in [0, 0.1) is 5.92 Å². The van der Waals surface area contributed by atoms with Gasteiger partial charge < -0.3 is 20.1 Å². The van der Waals surface area contributed by atoms with Gasteiger partial charge in [-0.15, -0.1) is 0 Å². The van der Waals surface area contributed by atoms with Gasteiger partial charge in [-0.3, -0.25) is 4.79 Å². The van der Waals surface area contributed by atoms with Gasteiger partial charge in [0.2, 0.25) is 5.91 Å². The van der Waals surface area contributed by atoms with Crippen LogP contribution >= 0.6 is 0 Å². The Labute approximate surface area is 197 Å². The normalized spacial score (nSPS) is 17.4. The SMILES string of the molecule is CC(OCc1ccccc1)C(CNC(=O)OC(C)(C)C)C(=O)NC1CCCc2ccccc21. The minimum absolute atomic E-state index is 0.0344. The molecular weight excluding hydrogens is 416 g/mol. The van der Waals surface area contributed by atoms with Crippen LogP contribution in [0.5, 0.6) is 0 Å². The fourth-order valence-corrected chi connectivity index (χ4v) is 4.08. The van der Waals surface area contributed by atoms with Crippen molar-refractivity contribution in [2.24, 2.45) is 5.92 Å². The highest BCUT2D eigenvalue weighted by Crippen LogP contribution is 2.30. The highest BCUT2D eigenvalue weighted by Gasteiger charge is 2.30. The largest absolute Gasteiger partial charge is 0.444 e. The maximum Gasteiger partial charge on any atom is 0.407 e. The molecule has 6 heteroatoms. The van der Waals surface area contributed by atoms with Crippen LogP contribution in [-0.4, -0.2) is 30.3 Å². The summed E-state index contributed by atoms with van der Waals surface area (Å²) in [6.07, 6.45) is 2.01. The van der Waals surface area contributed by atoms with Crippen LogP contribution in [0.2, 0.25) is 0 Å². The van der Waals surface area contributed by atoms with Gasteiger partial charge >= 0.3 is 6.09 Å². The third-order valence-electron chi connectivity index (χ3n) is 5.81. The van der Waals surface area contributed by atoms with Gasteiger partial charge in [-0.2, -0.15) is 0 Å². The third-order valence-corrected chi connectivity index (χ3v) is 5.81. The average molecular weight is 453 g/mol. The summed E-state index contributed by atoms with van der Waals surface area (Å²) in [4.78, 5) is 25.6. The summed E-state index contributed by atoms with van der Waals surface area (Å²) in [5.41, 5.74) is 2.88. The van der Waals surface area contributed by atoms with Gasteiger partial charge in [0.25, 0.3) is 0 Å². The molecule has 0 saturated carbocycles. The first-order valence-corrected chi connectivity index (χ1v) is 11.7. The third kappa shape index (κ3) is 7.60. The highest BCUT2D eigenvalue weighted by atomic mass is 16.6. The summed E-state index contributed by atoms with van der Waals surface area (Å²) in [7, 11) is 0. The van der Waals surface area contributed by atoms with Crippen molar-refractivity contribution < 1.29 is 19.1 Å². The predicted octanol–water partition coefficient (Wildman–Crippen LogP) is 4.93. The van der Waals surface area contributed by atoms with E-state index in [0.29, 0.717) is 6.61 Å². The van der Waals surface area contributed by atoms with Crippen LogP contribution in [0.3, 0.4) is 0 Å². The summed E-state index contributed by atoms with van der Waals surface area (Å²) in [6, 6.07) is 18.1. The van der Waals surface area contributed by atoms with Crippen LogP contribution in [0.1, 0.15) is 63.3 Å². The molecule has 3 atom stereocenters. The van der Waals surface area contributed by atoms with Crippen molar-refractivity contribution in [2.75, 3.05) is 6.54 Å². The van der Waals surface area contributed by atoms with Crippen LogP contribution in [0.25, 0.3) is 0 Å². The van der Waals surface area contributed by atoms with Crippen molar-refractivity contribution in [1.82, 2.24) is 10.6 Å². The first-order valence-electron chi connectivity index (χ1n) is 11.7. The zero-order chi connectivity index (χ0) is 23.8. The van der Waals surface area contributed by atoms with E-state index in [-0.39, 0.29) is 18.5 Å². The lowest BCUT2D eigenvalue weighted by Crippen LogP contribution is -2.46. The smallest absolute Gasteiger partial charge is 0.407 e. The van der Waals surface area contributed by atoms with Crippen molar-refractivity contribution >= 4 is 12.0 Å². The van der Waals surface area contributed by atoms with Crippen molar-refractivity contribution in [1.29, 1.82) is 0 Å². The Morgan fingerprint density at radius 3 is 2.48 bits per heavy atom. The van der Waals surface area contributed by atoms with E-state index in [1.54, 1.807) is 0 Å². The van der Waals surface area contributed by atoms with Crippen molar-refractivity contribution in [3.63, 3.8) is 0 Å². The van der Waals surface area contributed by atoms with E-state index in [1.165, 1.54) is 11.1 Å². The fraction of sp³-hybridized carbons (Fsp3) is 0.481. The summed E-state index contributed by atoms with van der Waals surface area (Å²) in [5.74, 6) is -0.691. The molecule has 3 rings (SSSR count). The minimum atomic E-state index is -0.608. The number of nitrogens with one attached hydrogen (secondary N) is 2. The number of ether oxygens (including phenoxy) is 2. The van der Waals surface area contributed by atoms with Gasteiger partial charge in [0.15, 0.2) is 0 Å². The van der Waals surface area contributed by atoms with Gasteiger partial charge in [-0.25, -0.2) is 4.79 Å². The number of hydrogen-bond acceptors (Lipinski definition) is 4. The van der Waals surface area contributed by atoms with Gasteiger partial charge in [0, 0.05) is 6.54 Å². The standard InChI is InChI=1S/C27H36N2O4/c1-19(32-18-20-11-6-5-7-12-20)23(17-28-26(31)33-27(2,3)4)25(30)29-24-16-10-14-21-13-8-9-15-22(21)24/h5-9,11-13,15,19,23-24H,10,14,16-18H2,1-4H3,(H,28,31)(H,29,30). The molecule has 0 bridgehead atoms. The highest BCUT2D eigenvalue weighted by molar-refractivity contribution is 5.81. The van der Waals surface area contributed by atoms with Crippen LogP contribution in [0.15, 0.2) is 54.6 Å². The number of fused-ring (bicyclic) bond motifs is 1. The Morgan fingerprint density at radius 2 is 1.76 bits per heavy atom. The van der Waals surface area contributed by atoms with E-state index in [1.807, 2.05) is 70.2 Å². The molecule has 0 heterocycles. The molecule has 33 heavy (non-hydrogen) atoms. The quantitative estimate of drug-likeness (QED) is 0.596. The summed E-state index contributed by atoms with van der Waals surface area (Å²) >= 11 is 0. The zero-order valence-electron chi connectivity index (χ0n) is 20.1. The number of carbonyl (C=O) groups excluding carboxylic acids is 2. The lowest BCUT2D eigenvalue weighted by atomic mass is 9.87. The van der Waals surface area contributed by atoms with Gasteiger partial charge in [0.1, 0.15) is 5.60 Å². The molecule has 2 aromatic carbocycles. The van der Waals surface area contributed by atoms with Crippen LogP contribution in [0.4, 0.5) is 4.79 Å². The molecule has 0 fully saturated rings. The lowest BCUT2D eigenvalue weighted by Gasteiger charge is -2.30. The number of alkyl carbamates (subject to hydrolysis) is 1. The molecular formula is C27H36N2O4. The molecule has 0 aliphatic heterocycles. The second kappa shape index (κ2) is 11.3. The number of aryl methyl sites for hydroxylation is 1. The summed E-state index contributed by atoms with van der Waals surface area (Å²) in [5, 5.41) is 5.97. The van der Waals surface area contributed by atoms with Crippen molar-refractivity contribution in [2.45, 2.75) is 71.3 Å². The van der Waals surface area contributed by atoms with Gasteiger partial charge in [0.05, 0.1) is 24.7 Å². The van der Waals surface area contributed by atoms with Gasteiger partial charge in [-0.1, -0.05) is 54.6 Å². The molecule has 0 aromatic heterocycles. The molecule has 0 radical (unpaired) electrons. The molecule has 1 aliphatic rings. The number of hydrogen-bond donors (Lipinski definition) is 2. The Hall–Kier alpha value is -2.86. The zero-order valence-corrected chi connectivity index (χ0v) is 20.1. The van der Waals surface area contributed by atoms with Crippen molar-refractivity contribution in [3.05, 3.63) is 71.3 Å². The second-order valence-electron chi connectivity index (χ2n) is 9.64. The number of amides is 2. The Balaban J connectivity index is 1.68. The number of carbonyl (C=O) groups is 2. The van der Waals surface area contributed by atoms with E-state index in [0.717, 1.165) is 24.8 Å². The molecule has 2 aromatic rings. The van der Waals surface area contributed by atoms with E-state index in [2.05, 4.69) is 22.8 Å². The molecule has 3 unspecified atom stereocenters. The average Bonchev–Trinajstić information content (AvgIpc) is 2.77. The summed E-state index contributed by atoms with van der Waals surface area (Å²) in [6.45, 7) is 7.82. The minimum Gasteiger partial charge on any atom is -0.444 e. The Bertz CT molecular complexity index is 923. The summed E-state index contributed by atoms with van der Waals surface area (Å²) < 4.78 is 11.4. The second-order valence-corrected chi connectivity index (χ2v) is 9.64. The topological polar surface area (TPSA) is 76.7 Å². The number of benzene rings is 2. The maximum absolute atomic E-state index is 13.4. The van der Waals surface area contributed by atoms with E-state index in [4.69, 9.17) is 9.47 Å². The fourth-order valence-electron chi connectivity index (χ4n) is 4.08. The maximum atomic E-state index is 13.4. The predicted molar refractivity (Wildman–Crippen MR) is 129 cm³/mol. The monoisotopic (exact) mass is 452 g/mol. The molecule has 6 nitrogen and oxygen atoms in total. The molecule has 178 valence electrons. The Kier molecular flexibility index (Phi) is 8.50. The molecule has 2 amide bonds. The van der Waals surface area contributed by atoms with Crippen LogP contribution in [-0.2, 0) is 27.3 Å². The van der Waals surface area contributed by atoms with E-state index < -0.39 is 23.7 Å². The van der Waals surface area contributed by atoms with Crippen molar-refractivity contribution in [3.8, 4) is 0 Å². The van der Waals surface area contributed by atoms with E-state index >= 15 is 0 Å². The number of rotatable bonds is 8. The lowest BCUT2D eigenvalue weighted by molar-refractivity contribution is -0.131. The first-order chi connectivity index (χ1) is 15.7. The molecule has 0 spiro atoms. The van der Waals surface area contributed by atoms with Gasteiger partial charge in [-0.05, 0) is 63.6 Å². The molecule has 1 aliphatic carbocycles. The van der Waals surface area contributed by atoms with E-state index in [9.17, 15) is 9.59 Å². The molecule has 2 N–H and O–H groups in total. The van der Waals surface area contributed by atoms with Crippen LogP contribution < -0.4 is 10.6 Å². The first kappa shape index (κ1) is 24.8. The molecule has 0 saturated heterocycles. The Morgan fingerprint density at radius 1 is 1.06 bits per heavy atom.